The summed E-state index contributed by atoms with van der Waals surface area (Å²) in [6.45, 7) is 1.63. The molecule has 6 heteroatoms. The van der Waals surface area contributed by atoms with Crippen molar-refractivity contribution in [2.45, 2.75) is 50.5 Å². The van der Waals surface area contributed by atoms with Crippen molar-refractivity contribution >= 4 is 0 Å². The van der Waals surface area contributed by atoms with Gasteiger partial charge in [0, 0.05) is 7.11 Å². The molecule has 2 N–H and O–H groups in total. The third kappa shape index (κ3) is 6.73. The van der Waals surface area contributed by atoms with Gasteiger partial charge in [-0.15, -0.1) is 0 Å². The van der Waals surface area contributed by atoms with Crippen molar-refractivity contribution in [1.29, 1.82) is 0 Å². The summed E-state index contributed by atoms with van der Waals surface area (Å²) in [5.74, 6) is 0. The van der Waals surface area contributed by atoms with E-state index in [1.165, 1.54) is 0 Å². The molecule has 3 aromatic carbocycles. The molecule has 1 saturated heterocycles. The van der Waals surface area contributed by atoms with E-state index in [0.717, 1.165) is 16.7 Å². The van der Waals surface area contributed by atoms with Gasteiger partial charge in [-0.1, -0.05) is 91.0 Å². The topological polar surface area (TPSA) is 72.2 Å². The molecule has 0 aromatic heterocycles. The first-order valence-electron chi connectivity index (χ1n) is 11.6. The van der Waals surface area contributed by atoms with Crippen molar-refractivity contribution in [2.75, 3.05) is 13.7 Å². The van der Waals surface area contributed by atoms with Crippen molar-refractivity contribution in [3.05, 3.63) is 108 Å². The Hall–Kier alpha value is -2.58. The number of benzene rings is 3. The van der Waals surface area contributed by atoms with Crippen LogP contribution in [0.25, 0.3) is 0 Å². The van der Waals surface area contributed by atoms with Crippen LogP contribution in [0.4, 0.5) is 0 Å². The van der Waals surface area contributed by atoms with Crippen LogP contribution in [0.3, 0.4) is 0 Å². The molecule has 0 bridgehead atoms. The minimum Gasteiger partial charge on any atom is -0.374 e. The molecular weight excluding hydrogens is 430 g/mol. The minimum atomic E-state index is -0.624. The Bertz CT molecular complexity index is 954. The first kappa shape index (κ1) is 24.5. The third-order valence-corrected chi connectivity index (χ3v) is 5.90. The van der Waals surface area contributed by atoms with Crippen molar-refractivity contribution in [3.8, 4) is 0 Å². The molecule has 1 fully saturated rings. The maximum atomic E-state index is 6.73. The zero-order chi connectivity index (χ0) is 23.6. The Morgan fingerprint density at radius 1 is 0.676 bits per heavy atom. The second-order valence-corrected chi connectivity index (χ2v) is 8.38. The minimum absolute atomic E-state index is 0.327. The fourth-order valence-corrected chi connectivity index (χ4v) is 4.08. The molecule has 0 radical (unpaired) electrons. The van der Waals surface area contributed by atoms with Crippen LogP contribution in [-0.2, 0) is 43.5 Å². The van der Waals surface area contributed by atoms with Gasteiger partial charge in [0.15, 0.2) is 6.29 Å². The summed E-state index contributed by atoms with van der Waals surface area (Å²) in [4.78, 5) is 0. The Morgan fingerprint density at radius 2 is 1.15 bits per heavy atom. The highest BCUT2D eigenvalue weighted by Gasteiger charge is 2.46. The number of methoxy groups -OCH3 is 1. The second-order valence-electron chi connectivity index (χ2n) is 8.38. The molecule has 6 nitrogen and oxygen atoms in total. The predicted octanol–water partition coefficient (Wildman–Crippen LogP) is 4.07. The summed E-state index contributed by atoms with van der Waals surface area (Å²) in [6.07, 6.45) is -1.94. The summed E-state index contributed by atoms with van der Waals surface area (Å²) in [6, 6.07) is 29.6. The van der Waals surface area contributed by atoms with Gasteiger partial charge >= 0.3 is 0 Å². The number of rotatable bonds is 11. The highest BCUT2D eigenvalue weighted by Crippen LogP contribution is 2.27. The van der Waals surface area contributed by atoms with E-state index in [0.29, 0.717) is 26.4 Å². The van der Waals surface area contributed by atoms with Crippen LogP contribution in [0, 0.1) is 0 Å². The summed E-state index contributed by atoms with van der Waals surface area (Å²) < 4.78 is 30.4. The van der Waals surface area contributed by atoms with E-state index in [9.17, 15) is 0 Å². The van der Waals surface area contributed by atoms with Crippen LogP contribution in [0.2, 0.25) is 0 Å². The van der Waals surface area contributed by atoms with Gasteiger partial charge in [-0.25, -0.2) is 0 Å². The first-order chi connectivity index (χ1) is 16.7. The average molecular weight is 464 g/mol. The van der Waals surface area contributed by atoms with Gasteiger partial charge in [-0.2, -0.15) is 0 Å². The molecule has 34 heavy (non-hydrogen) atoms. The number of hydrogen-bond donors (Lipinski definition) is 1. The van der Waals surface area contributed by atoms with E-state index in [4.69, 9.17) is 29.4 Å². The monoisotopic (exact) mass is 463 g/mol. The van der Waals surface area contributed by atoms with Crippen LogP contribution in [-0.4, -0.2) is 44.4 Å². The molecule has 0 amide bonds. The van der Waals surface area contributed by atoms with Gasteiger partial charge in [0.2, 0.25) is 0 Å². The van der Waals surface area contributed by atoms with E-state index < -0.39 is 30.6 Å². The molecule has 1 heterocycles. The SMILES string of the molecule is CO[C@H]1O[C@H](COCc2ccccc2)[C@@H](OCc2ccccc2)[C@@H](N)[C@@H]1OCc1ccccc1. The van der Waals surface area contributed by atoms with E-state index in [1.807, 2.05) is 91.0 Å². The highest BCUT2D eigenvalue weighted by molar-refractivity contribution is 5.15. The van der Waals surface area contributed by atoms with Crippen LogP contribution >= 0.6 is 0 Å². The summed E-state index contributed by atoms with van der Waals surface area (Å²) in [5.41, 5.74) is 9.94. The van der Waals surface area contributed by atoms with E-state index in [-0.39, 0.29) is 0 Å². The lowest BCUT2D eigenvalue weighted by Gasteiger charge is -2.44. The van der Waals surface area contributed by atoms with Crippen molar-refractivity contribution in [1.82, 2.24) is 0 Å². The molecule has 180 valence electrons. The molecule has 0 aliphatic carbocycles. The maximum Gasteiger partial charge on any atom is 0.185 e. The zero-order valence-corrected chi connectivity index (χ0v) is 19.5. The lowest BCUT2D eigenvalue weighted by Crippen LogP contribution is -2.64. The lowest BCUT2D eigenvalue weighted by molar-refractivity contribution is -0.289. The lowest BCUT2D eigenvalue weighted by atomic mass is 9.96. The largest absolute Gasteiger partial charge is 0.374 e. The van der Waals surface area contributed by atoms with Crippen LogP contribution in [0.1, 0.15) is 16.7 Å². The molecule has 0 unspecified atom stereocenters. The van der Waals surface area contributed by atoms with Crippen molar-refractivity contribution < 1.29 is 23.7 Å². The average Bonchev–Trinajstić information content (AvgIpc) is 2.89. The quantitative estimate of drug-likeness (QED) is 0.462. The summed E-state index contributed by atoms with van der Waals surface area (Å²) >= 11 is 0. The number of hydrogen-bond acceptors (Lipinski definition) is 6. The molecule has 3 aromatic rings. The summed E-state index contributed by atoms with van der Waals surface area (Å²) in [7, 11) is 1.60. The first-order valence-corrected chi connectivity index (χ1v) is 11.6. The zero-order valence-electron chi connectivity index (χ0n) is 19.5. The molecule has 5 atom stereocenters. The van der Waals surface area contributed by atoms with E-state index in [2.05, 4.69) is 0 Å². The summed E-state index contributed by atoms with van der Waals surface area (Å²) in [5, 5.41) is 0. The van der Waals surface area contributed by atoms with E-state index >= 15 is 0 Å². The van der Waals surface area contributed by atoms with Crippen LogP contribution in [0.5, 0.6) is 0 Å². The molecule has 1 aliphatic rings. The molecular formula is C28H33NO5. The van der Waals surface area contributed by atoms with Crippen molar-refractivity contribution in [3.63, 3.8) is 0 Å². The third-order valence-electron chi connectivity index (χ3n) is 5.90. The van der Waals surface area contributed by atoms with Gasteiger partial charge in [0.1, 0.15) is 18.3 Å². The highest BCUT2D eigenvalue weighted by atomic mass is 16.7. The maximum absolute atomic E-state index is 6.73. The van der Waals surface area contributed by atoms with Gasteiger partial charge in [-0.05, 0) is 16.7 Å². The standard InChI is InChI=1S/C28H33NO5/c1-30-28-27(33-19-23-15-9-4-10-16-23)25(29)26(32-18-22-13-7-3-8-14-22)24(34-28)20-31-17-21-11-5-2-6-12-21/h2-16,24-28H,17-20,29H2,1H3/t24-,25-,26-,27+,28+/m1/s1. The number of nitrogens with two attached hydrogens (primary N) is 1. The molecule has 0 spiro atoms. The van der Waals surface area contributed by atoms with Gasteiger partial charge < -0.3 is 29.4 Å². The predicted molar refractivity (Wildman–Crippen MR) is 130 cm³/mol. The second kappa shape index (κ2) is 12.8. The Labute approximate surface area is 201 Å². The van der Waals surface area contributed by atoms with Crippen LogP contribution in [0.15, 0.2) is 91.0 Å². The van der Waals surface area contributed by atoms with Crippen molar-refractivity contribution in [2.24, 2.45) is 5.73 Å². The molecule has 4 rings (SSSR count). The fraction of sp³-hybridized carbons (Fsp3) is 0.357. The Kier molecular flexibility index (Phi) is 9.21. The number of ether oxygens (including phenoxy) is 5. The Morgan fingerprint density at radius 3 is 1.65 bits per heavy atom. The van der Waals surface area contributed by atoms with Crippen LogP contribution < -0.4 is 5.73 Å². The van der Waals surface area contributed by atoms with Gasteiger partial charge in [-0.3, -0.25) is 0 Å². The van der Waals surface area contributed by atoms with E-state index in [1.54, 1.807) is 7.11 Å². The Balaban J connectivity index is 1.44. The smallest absolute Gasteiger partial charge is 0.185 e. The molecule has 1 aliphatic heterocycles. The fourth-order valence-electron chi connectivity index (χ4n) is 4.08. The normalized spacial score (nSPS) is 24.7. The molecule has 0 saturated carbocycles. The van der Waals surface area contributed by atoms with Gasteiger partial charge in [0.25, 0.3) is 0 Å². The van der Waals surface area contributed by atoms with Gasteiger partial charge in [0.05, 0.1) is 32.5 Å².